The van der Waals surface area contributed by atoms with Crippen LogP contribution < -0.4 is 5.32 Å². The van der Waals surface area contributed by atoms with E-state index < -0.39 is 0 Å². The third-order valence-corrected chi connectivity index (χ3v) is 1.97. The van der Waals surface area contributed by atoms with Gasteiger partial charge in [-0.05, 0) is 13.3 Å². The molecule has 0 bridgehead atoms. The lowest BCUT2D eigenvalue weighted by molar-refractivity contribution is -0.121. The second-order valence-corrected chi connectivity index (χ2v) is 4.16. The van der Waals surface area contributed by atoms with Gasteiger partial charge in [-0.1, -0.05) is 15.9 Å². The van der Waals surface area contributed by atoms with Gasteiger partial charge < -0.3 is 15.2 Å². The number of halogens is 1. The fourth-order valence-corrected chi connectivity index (χ4v) is 1.00. The lowest BCUT2D eigenvalue weighted by atomic mass is 10.2. The van der Waals surface area contributed by atoms with Crippen molar-refractivity contribution in [1.29, 1.82) is 0 Å². The molecule has 2 N–H and O–H groups in total. The van der Waals surface area contributed by atoms with E-state index in [4.69, 9.17) is 9.84 Å². The van der Waals surface area contributed by atoms with Crippen LogP contribution in [0.3, 0.4) is 0 Å². The summed E-state index contributed by atoms with van der Waals surface area (Å²) in [6, 6.07) is -0.109. The van der Waals surface area contributed by atoms with Gasteiger partial charge in [0.15, 0.2) is 0 Å². The van der Waals surface area contributed by atoms with Gasteiger partial charge in [-0.15, -0.1) is 0 Å². The quantitative estimate of drug-likeness (QED) is 0.669. The van der Waals surface area contributed by atoms with Gasteiger partial charge in [-0.2, -0.15) is 0 Å². The molecule has 0 saturated heterocycles. The second-order valence-electron chi connectivity index (χ2n) is 2.79. The molecule has 0 spiro atoms. The van der Waals surface area contributed by atoms with Gasteiger partial charge in [-0.3, -0.25) is 4.79 Å². The number of rotatable bonds is 6. The summed E-state index contributed by atoms with van der Waals surface area (Å²) in [5.74, 6) is -0.0875. The number of ether oxygens (including phenoxy) is 1. The largest absolute Gasteiger partial charge is 0.396 e. The molecule has 0 aromatic rings. The minimum absolute atomic E-state index is 0.0466. The molecule has 13 heavy (non-hydrogen) atoms. The minimum Gasteiger partial charge on any atom is -0.396 e. The third-order valence-electron chi connectivity index (χ3n) is 1.55. The number of amides is 1. The van der Waals surface area contributed by atoms with Crippen LogP contribution in [-0.2, 0) is 9.53 Å². The molecule has 0 saturated carbocycles. The topological polar surface area (TPSA) is 58.6 Å². The van der Waals surface area contributed by atoms with E-state index in [0.717, 1.165) is 0 Å². The Morgan fingerprint density at radius 2 is 2.31 bits per heavy atom. The summed E-state index contributed by atoms with van der Waals surface area (Å²) in [5, 5.41) is 11.4. The van der Waals surface area contributed by atoms with Crippen LogP contribution >= 0.6 is 15.9 Å². The summed E-state index contributed by atoms with van der Waals surface area (Å²) in [4.78, 5) is 11.0. The molecule has 0 aliphatic heterocycles. The van der Waals surface area contributed by atoms with Gasteiger partial charge in [0.25, 0.3) is 0 Å². The van der Waals surface area contributed by atoms with Crippen molar-refractivity contribution in [2.45, 2.75) is 24.2 Å². The Hall–Kier alpha value is -0.130. The van der Waals surface area contributed by atoms with Crippen LogP contribution in [-0.4, -0.2) is 42.2 Å². The van der Waals surface area contributed by atoms with Gasteiger partial charge in [0.2, 0.25) is 5.91 Å². The van der Waals surface area contributed by atoms with Crippen molar-refractivity contribution >= 4 is 21.8 Å². The van der Waals surface area contributed by atoms with E-state index in [1.54, 1.807) is 14.0 Å². The van der Waals surface area contributed by atoms with E-state index >= 15 is 0 Å². The van der Waals surface area contributed by atoms with Gasteiger partial charge in [0, 0.05) is 13.7 Å². The molecule has 0 aromatic heterocycles. The number of alkyl halides is 1. The van der Waals surface area contributed by atoms with Crippen molar-refractivity contribution in [3.05, 3.63) is 0 Å². The predicted molar refractivity (Wildman–Crippen MR) is 53.9 cm³/mol. The maximum atomic E-state index is 11.2. The van der Waals surface area contributed by atoms with Crippen LogP contribution in [0.1, 0.15) is 13.3 Å². The Kier molecular flexibility index (Phi) is 7.22. The number of aliphatic hydroxyl groups is 1. The molecular formula is C8H16BrNO3. The smallest absolute Gasteiger partial charge is 0.233 e. The lowest BCUT2D eigenvalue weighted by Crippen LogP contribution is -2.41. The molecule has 2 atom stereocenters. The first-order valence-electron chi connectivity index (χ1n) is 4.16. The van der Waals surface area contributed by atoms with Gasteiger partial charge in [0.1, 0.15) is 0 Å². The Morgan fingerprint density at radius 3 is 2.69 bits per heavy atom. The molecule has 0 aromatic carbocycles. The van der Waals surface area contributed by atoms with Crippen LogP contribution in [0.4, 0.5) is 0 Å². The molecule has 0 rings (SSSR count). The van der Waals surface area contributed by atoms with Crippen LogP contribution in [0.25, 0.3) is 0 Å². The van der Waals surface area contributed by atoms with Gasteiger partial charge >= 0.3 is 0 Å². The zero-order valence-electron chi connectivity index (χ0n) is 7.92. The molecule has 78 valence electrons. The van der Waals surface area contributed by atoms with Crippen LogP contribution in [0.2, 0.25) is 0 Å². The van der Waals surface area contributed by atoms with Crippen LogP contribution in [0.15, 0.2) is 0 Å². The SMILES string of the molecule is COCC(CCO)NC(=O)C(C)Br. The minimum atomic E-state index is -0.217. The fourth-order valence-electron chi connectivity index (χ4n) is 0.870. The summed E-state index contributed by atoms with van der Waals surface area (Å²) in [6.45, 7) is 2.22. The summed E-state index contributed by atoms with van der Waals surface area (Å²) in [6.07, 6.45) is 0.513. The Labute approximate surface area is 86.8 Å². The van der Waals surface area contributed by atoms with E-state index in [2.05, 4.69) is 21.2 Å². The first kappa shape index (κ1) is 12.9. The summed E-state index contributed by atoms with van der Waals surface area (Å²) in [5.41, 5.74) is 0. The third kappa shape index (κ3) is 6.01. The number of hydrogen-bond donors (Lipinski definition) is 2. The number of nitrogens with one attached hydrogen (secondary N) is 1. The molecular weight excluding hydrogens is 238 g/mol. The Balaban J connectivity index is 3.86. The van der Waals surface area contributed by atoms with E-state index in [9.17, 15) is 4.79 Å². The Bertz CT molecular complexity index is 146. The first-order chi connectivity index (χ1) is 6.11. The fraction of sp³-hybridized carbons (Fsp3) is 0.875. The molecule has 0 aliphatic rings. The average Bonchev–Trinajstić information content (AvgIpc) is 2.05. The molecule has 4 nitrogen and oxygen atoms in total. The molecule has 0 heterocycles. The highest BCUT2D eigenvalue weighted by Crippen LogP contribution is 1.99. The summed E-state index contributed by atoms with van der Waals surface area (Å²) >= 11 is 3.16. The number of carbonyl (C=O) groups excluding carboxylic acids is 1. The van der Waals surface area contributed by atoms with E-state index in [-0.39, 0.29) is 23.4 Å². The second kappa shape index (κ2) is 7.29. The number of carbonyl (C=O) groups is 1. The van der Waals surface area contributed by atoms with E-state index in [0.29, 0.717) is 13.0 Å². The monoisotopic (exact) mass is 253 g/mol. The maximum Gasteiger partial charge on any atom is 0.233 e. The van der Waals surface area contributed by atoms with Crippen molar-refractivity contribution in [3.63, 3.8) is 0 Å². The van der Waals surface area contributed by atoms with Crippen molar-refractivity contribution in [2.24, 2.45) is 0 Å². The highest BCUT2D eigenvalue weighted by atomic mass is 79.9. The number of hydrogen-bond acceptors (Lipinski definition) is 3. The maximum absolute atomic E-state index is 11.2. The lowest BCUT2D eigenvalue weighted by Gasteiger charge is -2.17. The Morgan fingerprint density at radius 1 is 1.69 bits per heavy atom. The van der Waals surface area contributed by atoms with Crippen molar-refractivity contribution in [2.75, 3.05) is 20.3 Å². The zero-order chi connectivity index (χ0) is 10.3. The summed E-state index contributed by atoms with van der Waals surface area (Å²) in [7, 11) is 1.56. The standard InChI is InChI=1S/C8H16BrNO3/c1-6(9)8(12)10-7(3-4-11)5-13-2/h6-7,11H,3-5H2,1-2H3,(H,10,12). The average molecular weight is 254 g/mol. The molecule has 0 aliphatic carbocycles. The summed E-state index contributed by atoms with van der Waals surface area (Å²) < 4.78 is 4.90. The van der Waals surface area contributed by atoms with E-state index in [1.165, 1.54) is 0 Å². The zero-order valence-corrected chi connectivity index (χ0v) is 9.50. The van der Waals surface area contributed by atoms with Gasteiger partial charge in [0.05, 0.1) is 17.5 Å². The van der Waals surface area contributed by atoms with Gasteiger partial charge in [-0.25, -0.2) is 0 Å². The van der Waals surface area contributed by atoms with Crippen molar-refractivity contribution in [1.82, 2.24) is 5.32 Å². The molecule has 5 heteroatoms. The van der Waals surface area contributed by atoms with Crippen molar-refractivity contribution in [3.8, 4) is 0 Å². The molecule has 2 unspecified atom stereocenters. The number of aliphatic hydroxyl groups excluding tert-OH is 1. The molecule has 1 amide bonds. The molecule has 0 radical (unpaired) electrons. The normalized spacial score (nSPS) is 15.1. The van der Waals surface area contributed by atoms with Crippen LogP contribution in [0.5, 0.6) is 0 Å². The molecule has 0 fully saturated rings. The van der Waals surface area contributed by atoms with Crippen LogP contribution in [0, 0.1) is 0 Å². The predicted octanol–water partition coefficient (Wildman–Crippen LogP) is 0.283. The first-order valence-corrected chi connectivity index (χ1v) is 5.07. The highest BCUT2D eigenvalue weighted by molar-refractivity contribution is 9.10. The number of methoxy groups -OCH3 is 1. The highest BCUT2D eigenvalue weighted by Gasteiger charge is 2.14. The van der Waals surface area contributed by atoms with Crippen molar-refractivity contribution < 1.29 is 14.6 Å². The van der Waals surface area contributed by atoms with E-state index in [1.807, 2.05) is 0 Å².